The summed E-state index contributed by atoms with van der Waals surface area (Å²) in [6.07, 6.45) is -0.195. The second kappa shape index (κ2) is 8.72. The van der Waals surface area contributed by atoms with Gasteiger partial charge in [0.15, 0.2) is 0 Å². The van der Waals surface area contributed by atoms with E-state index in [1.807, 2.05) is 49.4 Å². The maximum atomic E-state index is 11.6. The summed E-state index contributed by atoms with van der Waals surface area (Å²) in [6.45, 7) is 2.79. The van der Waals surface area contributed by atoms with Gasteiger partial charge >= 0.3 is 5.97 Å². The van der Waals surface area contributed by atoms with Crippen molar-refractivity contribution in [2.75, 3.05) is 0 Å². The summed E-state index contributed by atoms with van der Waals surface area (Å²) < 4.78 is 5.86. The number of nitrogens with one attached hydrogen (secondary N) is 1. The highest BCUT2D eigenvalue weighted by Crippen LogP contribution is 2.19. The smallest absolute Gasteiger partial charge is 0.303 e. The minimum atomic E-state index is -0.980. The third kappa shape index (κ3) is 5.76. The molecule has 2 N–H and O–H groups in total. The van der Waals surface area contributed by atoms with Crippen LogP contribution in [0, 0.1) is 6.92 Å². The maximum absolute atomic E-state index is 11.6. The first-order valence-electron chi connectivity index (χ1n) is 7.79. The zero-order chi connectivity index (χ0) is 17.4. The van der Waals surface area contributed by atoms with Gasteiger partial charge in [-0.1, -0.05) is 48.0 Å². The molecule has 0 heterocycles. The molecule has 0 aliphatic rings. The lowest BCUT2D eigenvalue weighted by molar-refractivity contribution is -0.138. The number of hydrogen-bond acceptors (Lipinski definition) is 3. The first-order chi connectivity index (χ1) is 11.5. The van der Waals surface area contributed by atoms with Crippen molar-refractivity contribution in [2.24, 2.45) is 0 Å². The van der Waals surface area contributed by atoms with Crippen molar-refractivity contribution in [2.45, 2.75) is 32.9 Å². The van der Waals surface area contributed by atoms with Gasteiger partial charge in [0.25, 0.3) is 0 Å². The fourth-order valence-corrected chi connectivity index (χ4v) is 2.26. The van der Waals surface area contributed by atoms with E-state index < -0.39 is 5.97 Å². The summed E-state index contributed by atoms with van der Waals surface area (Å²) in [7, 11) is 0. The number of benzene rings is 2. The highest BCUT2D eigenvalue weighted by molar-refractivity contribution is 5.80. The number of hydrogen-bond donors (Lipinski definition) is 2. The number of aryl methyl sites for hydroxylation is 1. The molecule has 0 bridgehead atoms. The van der Waals surface area contributed by atoms with Crippen LogP contribution in [0.1, 0.15) is 29.5 Å². The van der Waals surface area contributed by atoms with E-state index in [4.69, 9.17) is 9.84 Å². The van der Waals surface area contributed by atoms with Crippen molar-refractivity contribution in [1.82, 2.24) is 5.32 Å². The molecular formula is C19H21NO4. The van der Waals surface area contributed by atoms with Crippen molar-refractivity contribution in [3.05, 3.63) is 65.2 Å². The predicted molar refractivity (Wildman–Crippen MR) is 90.7 cm³/mol. The van der Waals surface area contributed by atoms with Gasteiger partial charge in [0.05, 0.1) is 6.42 Å². The number of amides is 1. The van der Waals surface area contributed by atoms with E-state index in [0.717, 1.165) is 11.1 Å². The number of carbonyl (C=O) groups is 2. The molecule has 0 aliphatic heterocycles. The summed E-state index contributed by atoms with van der Waals surface area (Å²) in [6, 6.07) is 15.6. The number of aliphatic carboxylic acids is 1. The number of carbonyl (C=O) groups excluding carboxylic acids is 1. The van der Waals surface area contributed by atoms with Crippen LogP contribution in [-0.2, 0) is 22.7 Å². The van der Waals surface area contributed by atoms with E-state index >= 15 is 0 Å². The fraction of sp³-hybridized carbons (Fsp3) is 0.263. The van der Waals surface area contributed by atoms with Gasteiger partial charge in [0, 0.05) is 18.5 Å². The lowest BCUT2D eigenvalue weighted by atomic mass is 10.1. The first kappa shape index (κ1) is 17.5. The molecule has 5 heteroatoms. The molecular weight excluding hydrogens is 306 g/mol. The van der Waals surface area contributed by atoms with Gasteiger partial charge in [0.2, 0.25) is 5.91 Å². The van der Waals surface area contributed by atoms with Gasteiger partial charge in [-0.2, -0.15) is 0 Å². The van der Waals surface area contributed by atoms with E-state index in [0.29, 0.717) is 18.9 Å². The van der Waals surface area contributed by atoms with Crippen LogP contribution in [-0.4, -0.2) is 17.0 Å². The molecule has 0 saturated carbocycles. The molecule has 0 unspecified atom stereocenters. The Labute approximate surface area is 141 Å². The number of carboxylic acids is 1. The Balaban J connectivity index is 1.92. The summed E-state index contributed by atoms with van der Waals surface area (Å²) in [5, 5.41) is 11.3. The third-order valence-electron chi connectivity index (χ3n) is 3.49. The largest absolute Gasteiger partial charge is 0.489 e. The van der Waals surface area contributed by atoms with Gasteiger partial charge in [-0.25, -0.2) is 0 Å². The summed E-state index contributed by atoms with van der Waals surface area (Å²) in [5.74, 6) is -0.560. The molecule has 0 atom stereocenters. The Morgan fingerprint density at radius 2 is 1.88 bits per heavy atom. The predicted octanol–water partition coefficient (Wildman–Crippen LogP) is 3.06. The lowest BCUT2D eigenvalue weighted by Gasteiger charge is -2.12. The molecule has 2 aromatic carbocycles. The van der Waals surface area contributed by atoms with Crippen LogP contribution in [0.4, 0.5) is 0 Å². The molecule has 0 radical (unpaired) electrons. The first-order valence-corrected chi connectivity index (χ1v) is 7.79. The topological polar surface area (TPSA) is 75.6 Å². The fourth-order valence-electron chi connectivity index (χ4n) is 2.26. The van der Waals surface area contributed by atoms with Crippen molar-refractivity contribution < 1.29 is 19.4 Å². The van der Waals surface area contributed by atoms with E-state index in [1.165, 1.54) is 5.56 Å². The van der Waals surface area contributed by atoms with Crippen LogP contribution in [0.15, 0.2) is 48.5 Å². The molecule has 2 aromatic rings. The van der Waals surface area contributed by atoms with Crippen LogP contribution in [0.5, 0.6) is 5.75 Å². The molecule has 5 nitrogen and oxygen atoms in total. The van der Waals surface area contributed by atoms with Crippen molar-refractivity contribution in [3.8, 4) is 5.75 Å². The summed E-state index contributed by atoms with van der Waals surface area (Å²) in [5.41, 5.74) is 3.11. The average molecular weight is 327 g/mol. The second-order valence-corrected chi connectivity index (χ2v) is 5.56. The Bertz CT molecular complexity index is 712. The number of rotatable bonds is 8. The second-order valence-electron chi connectivity index (χ2n) is 5.56. The standard InChI is InChI=1S/C19H21NO4/c1-14-5-4-6-15(11-14)13-24-17-8-3-2-7-16(17)12-20-18(21)9-10-19(22)23/h2-8,11H,9-10,12-13H2,1H3,(H,20,21)(H,22,23). The Kier molecular flexibility index (Phi) is 6.37. The van der Waals surface area contributed by atoms with E-state index in [1.54, 1.807) is 0 Å². The summed E-state index contributed by atoms with van der Waals surface area (Å²) >= 11 is 0. The molecule has 0 fully saturated rings. The molecule has 0 aromatic heterocycles. The molecule has 0 saturated heterocycles. The van der Waals surface area contributed by atoms with Crippen LogP contribution in [0.25, 0.3) is 0 Å². The van der Waals surface area contributed by atoms with Crippen molar-refractivity contribution in [1.29, 1.82) is 0 Å². The Hall–Kier alpha value is -2.82. The van der Waals surface area contributed by atoms with Gasteiger partial charge in [-0.3, -0.25) is 9.59 Å². The number of carboxylic acid groups (broad SMARTS) is 1. The minimum Gasteiger partial charge on any atom is -0.489 e. The van der Waals surface area contributed by atoms with Crippen LogP contribution in [0.2, 0.25) is 0 Å². The highest BCUT2D eigenvalue weighted by atomic mass is 16.5. The third-order valence-corrected chi connectivity index (χ3v) is 3.49. The van der Waals surface area contributed by atoms with Crippen LogP contribution >= 0.6 is 0 Å². The summed E-state index contributed by atoms with van der Waals surface area (Å²) in [4.78, 5) is 22.1. The number of para-hydroxylation sites is 1. The molecule has 0 aliphatic carbocycles. The zero-order valence-electron chi connectivity index (χ0n) is 13.6. The van der Waals surface area contributed by atoms with E-state index in [-0.39, 0.29) is 18.7 Å². The average Bonchev–Trinajstić information content (AvgIpc) is 2.57. The van der Waals surface area contributed by atoms with Gasteiger partial charge in [-0.05, 0) is 18.6 Å². The maximum Gasteiger partial charge on any atom is 0.303 e. The van der Waals surface area contributed by atoms with Crippen molar-refractivity contribution in [3.63, 3.8) is 0 Å². The van der Waals surface area contributed by atoms with Gasteiger partial charge in [-0.15, -0.1) is 0 Å². The SMILES string of the molecule is Cc1cccc(COc2ccccc2CNC(=O)CCC(=O)O)c1. The Morgan fingerprint density at radius 1 is 1.08 bits per heavy atom. The molecule has 2 rings (SSSR count). The van der Waals surface area contributed by atoms with Crippen LogP contribution in [0.3, 0.4) is 0 Å². The normalized spacial score (nSPS) is 10.2. The zero-order valence-corrected chi connectivity index (χ0v) is 13.6. The lowest BCUT2D eigenvalue weighted by Crippen LogP contribution is -2.23. The highest BCUT2D eigenvalue weighted by Gasteiger charge is 2.08. The monoisotopic (exact) mass is 327 g/mol. The van der Waals surface area contributed by atoms with Crippen molar-refractivity contribution >= 4 is 11.9 Å². The minimum absolute atomic E-state index is 0.0261. The molecule has 126 valence electrons. The quantitative estimate of drug-likeness (QED) is 0.781. The number of ether oxygens (including phenoxy) is 1. The van der Waals surface area contributed by atoms with E-state index in [2.05, 4.69) is 11.4 Å². The Morgan fingerprint density at radius 3 is 2.62 bits per heavy atom. The molecule has 0 spiro atoms. The molecule has 1 amide bonds. The van der Waals surface area contributed by atoms with Gasteiger partial charge < -0.3 is 15.2 Å². The van der Waals surface area contributed by atoms with Crippen LogP contribution < -0.4 is 10.1 Å². The van der Waals surface area contributed by atoms with Gasteiger partial charge in [0.1, 0.15) is 12.4 Å². The molecule has 24 heavy (non-hydrogen) atoms. The van der Waals surface area contributed by atoms with E-state index in [9.17, 15) is 9.59 Å².